The summed E-state index contributed by atoms with van der Waals surface area (Å²) in [5.74, 6) is 0.919. The first-order valence-electron chi connectivity index (χ1n) is 8.15. The summed E-state index contributed by atoms with van der Waals surface area (Å²) in [7, 11) is 0.396. The highest BCUT2D eigenvalue weighted by Crippen LogP contribution is 2.44. The van der Waals surface area contributed by atoms with Gasteiger partial charge in [-0.1, -0.05) is 82.5 Å². The van der Waals surface area contributed by atoms with Gasteiger partial charge >= 0.3 is 0 Å². The molecule has 0 atom stereocenters. The Hall–Kier alpha value is -1.02. The standard InChI is InChI=1S/C19H32OSi/c1-15(2)21(16(3)4,17(5)6)14-8-9-18-10-12-19(20-7)13-11-18/h8-13,15-17H,14H2,1-7H3/b9-8-. The zero-order valence-corrected chi connectivity index (χ0v) is 15.8. The van der Waals surface area contributed by atoms with Gasteiger partial charge in [0.2, 0.25) is 0 Å². The van der Waals surface area contributed by atoms with E-state index in [1.165, 1.54) is 11.6 Å². The third-order valence-electron chi connectivity index (χ3n) is 5.12. The first-order valence-corrected chi connectivity index (χ1v) is 10.6. The second kappa shape index (κ2) is 7.84. The molecule has 0 unspecified atom stereocenters. The predicted octanol–water partition coefficient (Wildman–Crippen LogP) is 6.39. The molecule has 0 spiro atoms. The van der Waals surface area contributed by atoms with Crippen LogP contribution in [0.4, 0.5) is 0 Å². The van der Waals surface area contributed by atoms with Crippen LogP contribution in [0.1, 0.15) is 47.1 Å². The number of hydrogen-bond acceptors (Lipinski definition) is 1. The predicted molar refractivity (Wildman–Crippen MR) is 97.9 cm³/mol. The van der Waals surface area contributed by atoms with Crippen molar-refractivity contribution in [3.63, 3.8) is 0 Å². The molecule has 1 nitrogen and oxygen atoms in total. The molecule has 1 aromatic carbocycles. The lowest BCUT2D eigenvalue weighted by Gasteiger charge is -2.42. The molecule has 0 saturated carbocycles. The molecule has 0 aromatic heterocycles. The maximum absolute atomic E-state index is 5.21. The molecule has 0 fully saturated rings. The molecule has 0 amide bonds. The first kappa shape index (κ1) is 18.0. The average molecular weight is 305 g/mol. The topological polar surface area (TPSA) is 9.23 Å². The van der Waals surface area contributed by atoms with Crippen molar-refractivity contribution in [2.75, 3.05) is 7.11 Å². The maximum Gasteiger partial charge on any atom is 0.118 e. The molecule has 1 aromatic rings. The lowest BCUT2D eigenvalue weighted by atomic mass is 10.2. The maximum atomic E-state index is 5.21. The highest BCUT2D eigenvalue weighted by molar-refractivity contribution is 6.83. The molecule has 118 valence electrons. The molecular weight excluding hydrogens is 272 g/mol. The quantitative estimate of drug-likeness (QED) is 0.530. The first-order chi connectivity index (χ1) is 9.84. The highest BCUT2D eigenvalue weighted by Gasteiger charge is 2.41. The van der Waals surface area contributed by atoms with Crippen molar-refractivity contribution in [3.8, 4) is 5.75 Å². The number of methoxy groups -OCH3 is 1. The largest absolute Gasteiger partial charge is 0.497 e. The zero-order valence-electron chi connectivity index (χ0n) is 14.8. The summed E-state index contributed by atoms with van der Waals surface area (Å²) in [5, 5.41) is 0. The van der Waals surface area contributed by atoms with Crippen molar-refractivity contribution >= 4 is 14.1 Å². The van der Waals surface area contributed by atoms with Gasteiger partial charge < -0.3 is 4.74 Å². The second-order valence-electron chi connectivity index (χ2n) is 6.96. The minimum Gasteiger partial charge on any atom is -0.497 e. The normalized spacial score (nSPS) is 12.9. The van der Waals surface area contributed by atoms with E-state index in [1.54, 1.807) is 7.11 Å². The van der Waals surface area contributed by atoms with Gasteiger partial charge in [0.05, 0.1) is 15.2 Å². The second-order valence-corrected chi connectivity index (χ2v) is 13.1. The third-order valence-corrected chi connectivity index (χ3v) is 12.5. The Balaban J connectivity index is 2.87. The number of allylic oxidation sites excluding steroid dienone is 1. The van der Waals surface area contributed by atoms with E-state index >= 15 is 0 Å². The monoisotopic (exact) mass is 304 g/mol. The fourth-order valence-electron chi connectivity index (χ4n) is 3.82. The minimum absolute atomic E-state index is 0.818. The fourth-order valence-corrected chi connectivity index (χ4v) is 9.76. The SMILES string of the molecule is COc1ccc(/C=C\C[Si](C(C)C)(C(C)C)C(C)C)cc1. The molecule has 1 rings (SSSR count). The summed E-state index contributed by atoms with van der Waals surface area (Å²) in [6.45, 7) is 14.5. The van der Waals surface area contributed by atoms with Gasteiger partial charge in [0.25, 0.3) is 0 Å². The Morgan fingerprint density at radius 2 is 1.38 bits per heavy atom. The molecule has 0 N–H and O–H groups in total. The molecule has 0 bridgehead atoms. The molecular formula is C19H32OSi. The minimum atomic E-state index is -1.31. The summed E-state index contributed by atoms with van der Waals surface area (Å²) >= 11 is 0. The summed E-state index contributed by atoms with van der Waals surface area (Å²) in [6.07, 6.45) is 4.68. The van der Waals surface area contributed by atoms with Crippen LogP contribution in [0.15, 0.2) is 30.3 Å². The number of ether oxygens (including phenoxy) is 1. The fraction of sp³-hybridized carbons (Fsp3) is 0.579. The van der Waals surface area contributed by atoms with Crippen LogP contribution >= 0.6 is 0 Å². The Morgan fingerprint density at radius 3 is 1.76 bits per heavy atom. The van der Waals surface area contributed by atoms with Crippen molar-refractivity contribution in [2.24, 2.45) is 0 Å². The van der Waals surface area contributed by atoms with Crippen molar-refractivity contribution < 1.29 is 4.74 Å². The van der Waals surface area contributed by atoms with E-state index in [2.05, 4.69) is 65.8 Å². The van der Waals surface area contributed by atoms with Gasteiger partial charge in [-0.15, -0.1) is 0 Å². The van der Waals surface area contributed by atoms with E-state index in [1.807, 2.05) is 12.1 Å². The summed E-state index contributed by atoms with van der Waals surface area (Å²) in [4.78, 5) is 0. The van der Waals surface area contributed by atoms with Gasteiger partial charge in [0, 0.05) is 0 Å². The molecule has 0 radical (unpaired) electrons. The average Bonchev–Trinajstić information content (AvgIpc) is 2.43. The highest BCUT2D eigenvalue weighted by atomic mass is 28.3. The Kier molecular flexibility index (Phi) is 6.73. The van der Waals surface area contributed by atoms with Gasteiger partial charge in [-0.05, 0) is 23.7 Å². The number of hydrogen-bond donors (Lipinski definition) is 0. The van der Waals surface area contributed by atoms with E-state index in [-0.39, 0.29) is 0 Å². The smallest absolute Gasteiger partial charge is 0.118 e. The summed E-state index contributed by atoms with van der Waals surface area (Å²) < 4.78 is 5.21. The van der Waals surface area contributed by atoms with Gasteiger partial charge in [-0.3, -0.25) is 0 Å². The zero-order chi connectivity index (χ0) is 16.0. The van der Waals surface area contributed by atoms with Crippen molar-refractivity contribution in [3.05, 3.63) is 35.9 Å². The molecule has 0 aliphatic carbocycles. The lowest BCUT2D eigenvalue weighted by molar-refractivity contribution is 0.415. The van der Waals surface area contributed by atoms with Crippen LogP contribution in [0, 0.1) is 0 Å². The van der Waals surface area contributed by atoms with Crippen molar-refractivity contribution in [1.82, 2.24) is 0 Å². The van der Waals surface area contributed by atoms with E-state index in [9.17, 15) is 0 Å². The van der Waals surface area contributed by atoms with Crippen LogP contribution in [0.25, 0.3) is 6.08 Å². The summed E-state index contributed by atoms with van der Waals surface area (Å²) in [5.41, 5.74) is 3.71. The molecule has 0 aliphatic rings. The van der Waals surface area contributed by atoms with E-state index in [4.69, 9.17) is 4.74 Å². The van der Waals surface area contributed by atoms with Crippen LogP contribution in [0.5, 0.6) is 5.75 Å². The van der Waals surface area contributed by atoms with Crippen LogP contribution < -0.4 is 4.74 Å². The van der Waals surface area contributed by atoms with Crippen molar-refractivity contribution in [2.45, 2.75) is 64.2 Å². The molecule has 21 heavy (non-hydrogen) atoms. The van der Waals surface area contributed by atoms with Gasteiger partial charge in [0.15, 0.2) is 0 Å². The molecule has 0 saturated heterocycles. The van der Waals surface area contributed by atoms with E-state index in [0.717, 1.165) is 22.4 Å². The Morgan fingerprint density at radius 1 is 0.905 bits per heavy atom. The van der Waals surface area contributed by atoms with Gasteiger partial charge in [0.1, 0.15) is 5.75 Å². The van der Waals surface area contributed by atoms with Crippen LogP contribution in [0.3, 0.4) is 0 Å². The molecule has 2 heteroatoms. The van der Waals surface area contributed by atoms with Gasteiger partial charge in [-0.25, -0.2) is 0 Å². The third kappa shape index (κ3) is 4.23. The lowest BCUT2D eigenvalue weighted by Crippen LogP contribution is -2.43. The van der Waals surface area contributed by atoms with E-state index in [0.29, 0.717) is 0 Å². The van der Waals surface area contributed by atoms with Gasteiger partial charge in [-0.2, -0.15) is 0 Å². The number of benzene rings is 1. The van der Waals surface area contributed by atoms with Crippen LogP contribution in [0.2, 0.25) is 22.7 Å². The van der Waals surface area contributed by atoms with E-state index < -0.39 is 8.07 Å². The Bertz CT molecular complexity index is 421. The Labute approximate surface area is 132 Å². The summed E-state index contributed by atoms with van der Waals surface area (Å²) in [6, 6.07) is 9.57. The van der Waals surface area contributed by atoms with Crippen molar-refractivity contribution in [1.29, 1.82) is 0 Å². The van der Waals surface area contributed by atoms with Crippen LogP contribution in [-0.4, -0.2) is 15.2 Å². The number of rotatable bonds is 7. The molecule has 0 aliphatic heterocycles. The van der Waals surface area contributed by atoms with Crippen LogP contribution in [-0.2, 0) is 0 Å². The molecule has 0 heterocycles.